The van der Waals surface area contributed by atoms with Gasteiger partial charge in [0.25, 0.3) is 5.91 Å². The molecule has 1 aromatic rings. The Labute approximate surface area is 95.3 Å². The number of hydrogen-bond donors (Lipinski definition) is 1. The smallest absolute Gasteiger partial charge is 0.414 e. The molecule has 0 saturated heterocycles. The van der Waals surface area contributed by atoms with Gasteiger partial charge in [0, 0.05) is 5.56 Å². The highest BCUT2D eigenvalue weighted by molar-refractivity contribution is 5.93. The Morgan fingerprint density at radius 1 is 1.29 bits per heavy atom. The van der Waals surface area contributed by atoms with Gasteiger partial charge in [-0.25, -0.2) is 5.48 Å². The summed E-state index contributed by atoms with van der Waals surface area (Å²) in [6.45, 7) is -1.53. The van der Waals surface area contributed by atoms with Gasteiger partial charge in [-0.15, -0.1) is 0 Å². The lowest BCUT2D eigenvalue weighted by Crippen LogP contribution is -2.29. The molecule has 1 N–H and O–H groups in total. The molecule has 0 atom stereocenters. The number of benzene rings is 1. The molecule has 0 spiro atoms. The van der Waals surface area contributed by atoms with Crippen molar-refractivity contribution in [1.29, 1.82) is 0 Å². The van der Waals surface area contributed by atoms with Crippen molar-refractivity contribution >= 4 is 5.91 Å². The maximum Gasteiger partial charge on any atom is 0.414 e. The molecule has 94 valence electrons. The van der Waals surface area contributed by atoms with Crippen molar-refractivity contribution in [1.82, 2.24) is 5.48 Å². The molecule has 0 aliphatic heterocycles. The van der Waals surface area contributed by atoms with Crippen molar-refractivity contribution < 1.29 is 27.5 Å². The molecule has 1 rings (SSSR count). The van der Waals surface area contributed by atoms with Crippen molar-refractivity contribution in [3.8, 4) is 5.75 Å². The van der Waals surface area contributed by atoms with E-state index in [-0.39, 0.29) is 5.56 Å². The number of rotatable bonds is 4. The summed E-state index contributed by atoms with van der Waals surface area (Å²) in [6, 6.07) is 5.84. The fourth-order valence-corrected chi connectivity index (χ4v) is 0.985. The van der Waals surface area contributed by atoms with Crippen LogP contribution in [-0.4, -0.2) is 25.8 Å². The van der Waals surface area contributed by atoms with Crippen LogP contribution in [-0.2, 0) is 4.84 Å². The van der Waals surface area contributed by atoms with Crippen molar-refractivity contribution in [2.45, 2.75) is 6.18 Å². The van der Waals surface area contributed by atoms with E-state index in [9.17, 15) is 18.0 Å². The van der Waals surface area contributed by atoms with Crippen molar-refractivity contribution in [2.75, 3.05) is 13.7 Å². The molecule has 0 saturated carbocycles. The lowest BCUT2D eigenvalue weighted by Gasteiger charge is -2.08. The molecule has 1 aromatic carbocycles. The largest absolute Gasteiger partial charge is 0.497 e. The third-order valence-electron chi connectivity index (χ3n) is 1.75. The number of hydrogen-bond acceptors (Lipinski definition) is 3. The highest BCUT2D eigenvalue weighted by atomic mass is 19.4. The van der Waals surface area contributed by atoms with Crippen LogP contribution >= 0.6 is 0 Å². The molecule has 1 amide bonds. The van der Waals surface area contributed by atoms with E-state index >= 15 is 0 Å². The van der Waals surface area contributed by atoms with Crippen molar-refractivity contribution in [2.24, 2.45) is 0 Å². The summed E-state index contributed by atoms with van der Waals surface area (Å²) >= 11 is 0. The van der Waals surface area contributed by atoms with Crippen LogP contribution < -0.4 is 10.2 Å². The molecule has 0 radical (unpaired) electrons. The van der Waals surface area contributed by atoms with E-state index in [0.717, 1.165) is 0 Å². The van der Waals surface area contributed by atoms with E-state index in [4.69, 9.17) is 4.74 Å². The molecular formula is C10H10F3NO3. The average molecular weight is 249 g/mol. The number of carbonyl (C=O) groups is 1. The van der Waals surface area contributed by atoms with Gasteiger partial charge in [0.1, 0.15) is 5.75 Å². The Morgan fingerprint density at radius 2 is 1.88 bits per heavy atom. The first-order valence-electron chi connectivity index (χ1n) is 4.55. The first kappa shape index (κ1) is 13.3. The summed E-state index contributed by atoms with van der Waals surface area (Å²) in [6.07, 6.45) is -4.48. The number of methoxy groups -OCH3 is 1. The quantitative estimate of drug-likeness (QED) is 0.829. The number of hydroxylamine groups is 1. The van der Waals surface area contributed by atoms with Gasteiger partial charge < -0.3 is 4.74 Å². The third kappa shape index (κ3) is 4.73. The zero-order valence-corrected chi connectivity index (χ0v) is 8.88. The molecule has 4 nitrogen and oxygen atoms in total. The van der Waals surface area contributed by atoms with E-state index in [2.05, 4.69) is 4.84 Å². The predicted octanol–water partition coefficient (Wildman–Crippen LogP) is 1.92. The Kier molecular flexibility index (Phi) is 4.33. The summed E-state index contributed by atoms with van der Waals surface area (Å²) < 4.78 is 40.0. The van der Waals surface area contributed by atoms with E-state index in [1.165, 1.54) is 31.4 Å². The third-order valence-corrected chi connectivity index (χ3v) is 1.75. The molecule has 17 heavy (non-hydrogen) atoms. The van der Waals surface area contributed by atoms with Crippen molar-refractivity contribution in [3.63, 3.8) is 0 Å². The number of halogens is 3. The predicted molar refractivity (Wildman–Crippen MR) is 52.5 cm³/mol. The van der Waals surface area contributed by atoms with Crippen molar-refractivity contribution in [3.05, 3.63) is 29.8 Å². The molecule has 0 heterocycles. The number of alkyl halides is 3. The number of nitrogens with one attached hydrogen (secondary N) is 1. The van der Waals surface area contributed by atoms with E-state index in [0.29, 0.717) is 5.75 Å². The minimum atomic E-state index is -4.48. The molecular weight excluding hydrogens is 239 g/mol. The fourth-order valence-electron chi connectivity index (χ4n) is 0.985. The molecule has 0 fully saturated rings. The van der Waals surface area contributed by atoms with E-state index in [1.54, 1.807) is 5.48 Å². The summed E-state index contributed by atoms with van der Waals surface area (Å²) in [5.74, 6) is -0.213. The van der Waals surface area contributed by atoms with Gasteiger partial charge in [-0.1, -0.05) is 0 Å². The van der Waals surface area contributed by atoms with Gasteiger partial charge >= 0.3 is 6.18 Å². The summed E-state index contributed by atoms with van der Waals surface area (Å²) in [7, 11) is 1.46. The van der Waals surface area contributed by atoms with Gasteiger partial charge in [-0.2, -0.15) is 13.2 Å². The van der Waals surface area contributed by atoms with Crippen LogP contribution in [0.3, 0.4) is 0 Å². The van der Waals surface area contributed by atoms with Crippen LogP contribution in [0.15, 0.2) is 24.3 Å². The van der Waals surface area contributed by atoms with Gasteiger partial charge in [0.15, 0.2) is 6.61 Å². The number of ether oxygens (including phenoxy) is 1. The highest BCUT2D eigenvalue weighted by Crippen LogP contribution is 2.14. The summed E-state index contributed by atoms with van der Waals surface area (Å²) in [5, 5.41) is 0. The maximum atomic E-state index is 11.7. The minimum Gasteiger partial charge on any atom is -0.497 e. The Morgan fingerprint density at radius 3 is 2.35 bits per heavy atom. The zero-order chi connectivity index (χ0) is 12.9. The van der Waals surface area contributed by atoms with Crippen LogP contribution in [0.1, 0.15) is 10.4 Å². The average Bonchev–Trinajstić information content (AvgIpc) is 2.27. The van der Waals surface area contributed by atoms with Gasteiger partial charge in [0.2, 0.25) is 0 Å². The van der Waals surface area contributed by atoms with Crippen LogP contribution in [0.2, 0.25) is 0 Å². The second kappa shape index (κ2) is 5.53. The lowest BCUT2D eigenvalue weighted by molar-refractivity contribution is -0.184. The van der Waals surface area contributed by atoms with Crippen LogP contribution in [0.5, 0.6) is 5.75 Å². The molecule has 0 aliphatic rings. The number of amides is 1. The lowest BCUT2D eigenvalue weighted by atomic mass is 10.2. The molecule has 0 bridgehead atoms. The molecule has 0 aromatic heterocycles. The molecule has 7 heteroatoms. The monoisotopic (exact) mass is 249 g/mol. The zero-order valence-electron chi connectivity index (χ0n) is 8.88. The van der Waals surface area contributed by atoms with Gasteiger partial charge in [-0.3, -0.25) is 9.63 Å². The summed E-state index contributed by atoms with van der Waals surface area (Å²) in [5.41, 5.74) is 1.87. The topological polar surface area (TPSA) is 47.6 Å². The second-order valence-electron chi connectivity index (χ2n) is 3.06. The van der Waals surface area contributed by atoms with Crippen LogP contribution in [0, 0.1) is 0 Å². The van der Waals surface area contributed by atoms with Crippen LogP contribution in [0.25, 0.3) is 0 Å². The van der Waals surface area contributed by atoms with Gasteiger partial charge in [0.05, 0.1) is 7.11 Å². The van der Waals surface area contributed by atoms with E-state index in [1.807, 2.05) is 0 Å². The SMILES string of the molecule is COc1ccc(C(=O)NOCC(F)(F)F)cc1. The standard InChI is InChI=1S/C10H10F3NO3/c1-16-8-4-2-7(3-5-8)9(15)14-17-6-10(11,12)13/h2-5H,6H2,1H3,(H,14,15). The Balaban J connectivity index is 2.47. The Bertz CT molecular complexity index is 375. The Hall–Kier alpha value is -1.76. The fraction of sp³-hybridized carbons (Fsp3) is 0.300. The molecule has 0 aliphatic carbocycles. The van der Waals surface area contributed by atoms with Gasteiger partial charge in [-0.05, 0) is 24.3 Å². The molecule has 0 unspecified atom stereocenters. The second-order valence-corrected chi connectivity index (χ2v) is 3.06. The first-order chi connectivity index (χ1) is 7.92. The number of carbonyl (C=O) groups excluding carboxylic acids is 1. The normalized spacial score (nSPS) is 11.1. The van der Waals surface area contributed by atoms with Crippen LogP contribution in [0.4, 0.5) is 13.2 Å². The summed E-state index contributed by atoms with van der Waals surface area (Å²) in [4.78, 5) is 15.3. The highest BCUT2D eigenvalue weighted by Gasteiger charge is 2.28. The maximum absolute atomic E-state index is 11.7. The first-order valence-corrected chi connectivity index (χ1v) is 4.55. The minimum absolute atomic E-state index is 0.174. The van der Waals surface area contributed by atoms with E-state index < -0.39 is 18.7 Å².